The zero-order valence-electron chi connectivity index (χ0n) is 15.8. The number of hydrogen-bond acceptors (Lipinski definition) is 6. The number of anilines is 2. The molecule has 0 atom stereocenters. The average molecular weight is 419 g/mol. The van der Waals surface area contributed by atoms with Crippen LogP contribution in [0.3, 0.4) is 0 Å². The van der Waals surface area contributed by atoms with Crippen molar-refractivity contribution in [1.82, 2.24) is 4.31 Å². The normalized spacial score (nSPS) is 13.4. The zero-order valence-corrected chi connectivity index (χ0v) is 17.4. The molecule has 0 saturated carbocycles. The molecule has 0 unspecified atom stereocenters. The van der Waals surface area contributed by atoms with Crippen molar-refractivity contribution in [2.75, 3.05) is 36.4 Å². The Balaban J connectivity index is 1.74. The Labute approximate surface area is 169 Å². The van der Waals surface area contributed by atoms with Gasteiger partial charge in [-0.15, -0.1) is 11.3 Å². The summed E-state index contributed by atoms with van der Waals surface area (Å²) in [5.41, 5.74) is 2.25. The van der Waals surface area contributed by atoms with Crippen LogP contribution in [0.5, 0.6) is 0 Å². The summed E-state index contributed by atoms with van der Waals surface area (Å²) in [7, 11) is -3.50. The molecule has 1 aromatic carbocycles. The summed E-state index contributed by atoms with van der Waals surface area (Å²) in [6.45, 7) is 5.29. The van der Waals surface area contributed by atoms with Gasteiger partial charge in [-0.25, -0.2) is 8.42 Å². The van der Waals surface area contributed by atoms with E-state index in [1.807, 2.05) is 18.7 Å². The second-order valence-corrected chi connectivity index (χ2v) is 9.23. The largest absolute Gasteiger partial charge is 0.362 e. The Bertz CT molecular complexity index is 1020. The number of amides is 1. The maximum absolute atomic E-state index is 12.7. The van der Waals surface area contributed by atoms with Crippen LogP contribution in [0.1, 0.15) is 25.0 Å². The third-order valence-corrected chi connectivity index (χ3v) is 7.63. The van der Waals surface area contributed by atoms with Crippen LogP contribution in [0.15, 0.2) is 34.5 Å². The fourth-order valence-corrected chi connectivity index (χ4v) is 5.58. The number of benzene rings is 1. The molecule has 1 aromatic heterocycles. The predicted octanol–water partition coefficient (Wildman–Crippen LogP) is 2.65. The molecule has 1 N–H and O–H groups in total. The monoisotopic (exact) mass is 418 g/mol. The molecule has 0 radical (unpaired) electrons. The van der Waals surface area contributed by atoms with Gasteiger partial charge in [0.25, 0.3) is 0 Å². The molecule has 0 spiro atoms. The number of hydrogen-bond donors (Lipinski definition) is 1. The van der Waals surface area contributed by atoms with Crippen molar-refractivity contribution >= 4 is 38.0 Å². The molecule has 0 saturated heterocycles. The number of carbonyl (C=O) groups excluding carboxylic acids is 1. The minimum Gasteiger partial charge on any atom is -0.362 e. The SMILES string of the molecule is CCN(CC)S(=O)(=O)c1ccc2c(c1)CCN2CC(=O)Nc1sccc1C#N. The van der Waals surface area contributed by atoms with Crippen LogP contribution in [0.4, 0.5) is 10.7 Å². The van der Waals surface area contributed by atoms with Gasteiger partial charge in [-0.1, -0.05) is 13.8 Å². The van der Waals surface area contributed by atoms with Crippen molar-refractivity contribution < 1.29 is 13.2 Å². The van der Waals surface area contributed by atoms with Gasteiger partial charge in [0.05, 0.1) is 17.0 Å². The average Bonchev–Trinajstić information content (AvgIpc) is 3.28. The van der Waals surface area contributed by atoms with E-state index in [2.05, 4.69) is 11.4 Å². The molecule has 3 rings (SSSR count). The molecular formula is C19H22N4O3S2. The van der Waals surface area contributed by atoms with E-state index in [-0.39, 0.29) is 12.5 Å². The number of nitrogens with one attached hydrogen (secondary N) is 1. The Morgan fingerprint density at radius 2 is 2.07 bits per heavy atom. The number of thiophene rings is 1. The fourth-order valence-electron chi connectivity index (χ4n) is 3.32. The van der Waals surface area contributed by atoms with Crippen molar-refractivity contribution in [3.8, 4) is 6.07 Å². The van der Waals surface area contributed by atoms with Gasteiger partial charge in [0.1, 0.15) is 11.1 Å². The highest BCUT2D eigenvalue weighted by molar-refractivity contribution is 7.89. The highest BCUT2D eigenvalue weighted by Crippen LogP contribution is 2.31. The first-order valence-corrected chi connectivity index (χ1v) is 11.4. The maximum atomic E-state index is 12.7. The predicted molar refractivity (Wildman–Crippen MR) is 110 cm³/mol. The van der Waals surface area contributed by atoms with Crippen molar-refractivity contribution in [3.05, 3.63) is 40.8 Å². The van der Waals surface area contributed by atoms with Crippen LogP contribution in [-0.4, -0.2) is 44.8 Å². The highest BCUT2D eigenvalue weighted by Gasteiger charge is 2.26. The summed E-state index contributed by atoms with van der Waals surface area (Å²) in [6.07, 6.45) is 0.687. The summed E-state index contributed by atoms with van der Waals surface area (Å²) >= 11 is 1.31. The number of fused-ring (bicyclic) bond motifs is 1. The van der Waals surface area contributed by atoms with Crippen LogP contribution in [0, 0.1) is 11.3 Å². The lowest BCUT2D eigenvalue weighted by atomic mass is 10.2. The Kier molecular flexibility index (Phi) is 6.03. The summed E-state index contributed by atoms with van der Waals surface area (Å²) in [4.78, 5) is 14.6. The van der Waals surface area contributed by atoms with E-state index in [4.69, 9.17) is 5.26 Å². The molecule has 7 nitrogen and oxygen atoms in total. The van der Waals surface area contributed by atoms with Gasteiger partial charge in [-0.05, 0) is 41.6 Å². The lowest BCUT2D eigenvalue weighted by molar-refractivity contribution is -0.114. The van der Waals surface area contributed by atoms with Gasteiger partial charge < -0.3 is 10.2 Å². The molecule has 0 bridgehead atoms. The molecule has 1 aliphatic heterocycles. The molecule has 148 valence electrons. The van der Waals surface area contributed by atoms with Crippen LogP contribution in [0.25, 0.3) is 0 Å². The molecule has 1 aliphatic rings. The van der Waals surface area contributed by atoms with E-state index in [9.17, 15) is 13.2 Å². The zero-order chi connectivity index (χ0) is 20.3. The molecule has 0 aliphatic carbocycles. The number of nitriles is 1. The second kappa shape index (κ2) is 8.31. The fraction of sp³-hybridized carbons (Fsp3) is 0.368. The van der Waals surface area contributed by atoms with Gasteiger partial charge in [0.15, 0.2) is 0 Å². The first-order chi connectivity index (χ1) is 13.4. The molecular weight excluding hydrogens is 396 g/mol. The first kappa shape index (κ1) is 20.3. The van der Waals surface area contributed by atoms with Crippen LogP contribution in [0.2, 0.25) is 0 Å². The van der Waals surface area contributed by atoms with Crippen molar-refractivity contribution in [1.29, 1.82) is 5.26 Å². The standard InChI is InChI=1S/C19H22N4O3S2/c1-3-23(4-2)28(25,26)16-5-6-17-14(11-16)7-9-22(17)13-18(24)21-19-15(12-20)8-10-27-19/h5-6,8,10-11H,3-4,7,9,13H2,1-2H3,(H,21,24). The third-order valence-electron chi connectivity index (χ3n) is 4.76. The van der Waals surface area contributed by atoms with E-state index in [1.165, 1.54) is 15.6 Å². The van der Waals surface area contributed by atoms with Crippen LogP contribution >= 0.6 is 11.3 Å². The number of rotatable bonds is 7. The number of carbonyl (C=O) groups is 1. The molecule has 9 heteroatoms. The summed E-state index contributed by atoms with van der Waals surface area (Å²) < 4.78 is 26.9. The summed E-state index contributed by atoms with van der Waals surface area (Å²) in [6, 6.07) is 8.82. The van der Waals surface area contributed by atoms with Crippen molar-refractivity contribution in [2.24, 2.45) is 0 Å². The quantitative estimate of drug-likeness (QED) is 0.746. The maximum Gasteiger partial charge on any atom is 0.244 e. The van der Waals surface area contributed by atoms with E-state index < -0.39 is 10.0 Å². The first-order valence-electron chi connectivity index (χ1n) is 9.06. The topological polar surface area (TPSA) is 93.5 Å². The molecule has 2 aromatic rings. The van der Waals surface area contributed by atoms with Gasteiger partial charge in [0.2, 0.25) is 15.9 Å². The summed E-state index contributed by atoms with van der Waals surface area (Å²) in [5.74, 6) is -0.202. The van der Waals surface area contributed by atoms with E-state index in [0.29, 0.717) is 41.5 Å². The van der Waals surface area contributed by atoms with Crippen LogP contribution in [-0.2, 0) is 21.2 Å². The highest BCUT2D eigenvalue weighted by atomic mass is 32.2. The third kappa shape index (κ3) is 3.90. The minimum absolute atomic E-state index is 0.151. The molecule has 2 heterocycles. The number of nitrogens with zero attached hydrogens (tertiary/aromatic N) is 3. The molecule has 1 amide bonds. The molecule has 0 fully saturated rings. The number of sulfonamides is 1. The minimum atomic E-state index is -3.50. The van der Waals surface area contributed by atoms with E-state index >= 15 is 0 Å². The Morgan fingerprint density at radius 3 is 2.75 bits per heavy atom. The smallest absolute Gasteiger partial charge is 0.244 e. The molecule has 28 heavy (non-hydrogen) atoms. The van der Waals surface area contributed by atoms with E-state index in [1.54, 1.807) is 29.6 Å². The van der Waals surface area contributed by atoms with Crippen molar-refractivity contribution in [2.45, 2.75) is 25.2 Å². The van der Waals surface area contributed by atoms with E-state index in [0.717, 1.165) is 11.3 Å². The Hall–Kier alpha value is -2.41. The van der Waals surface area contributed by atoms with Gasteiger partial charge in [-0.3, -0.25) is 4.79 Å². The van der Waals surface area contributed by atoms with Gasteiger partial charge >= 0.3 is 0 Å². The van der Waals surface area contributed by atoms with Gasteiger partial charge in [-0.2, -0.15) is 9.57 Å². The second-order valence-electron chi connectivity index (χ2n) is 6.37. The van der Waals surface area contributed by atoms with Crippen molar-refractivity contribution in [3.63, 3.8) is 0 Å². The Morgan fingerprint density at radius 1 is 1.32 bits per heavy atom. The lowest BCUT2D eigenvalue weighted by Crippen LogP contribution is -2.32. The summed E-state index contributed by atoms with van der Waals surface area (Å²) in [5, 5.41) is 14.1. The van der Waals surface area contributed by atoms with Crippen LogP contribution < -0.4 is 10.2 Å². The van der Waals surface area contributed by atoms with Gasteiger partial charge in [0, 0.05) is 25.3 Å². The lowest BCUT2D eigenvalue weighted by Gasteiger charge is -2.21.